The minimum Gasteiger partial charge on any atom is -0.347 e. The Kier molecular flexibility index (Phi) is 3.21. The highest BCUT2D eigenvalue weighted by Gasteiger charge is 2.20. The Balaban J connectivity index is 1.97. The van der Waals surface area contributed by atoms with Crippen LogP contribution in [0.5, 0.6) is 0 Å². The second-order valence-electron chi connectivity index (χ2n) is 5.10. The lowest BCUT2D eigenvalue weighted by Gasteiger charge is -2.11. The number of amides is 1. The first-order valence-electron chi connectivity index (χ1n) is 6.79. The Morgan fingerprint density at radius 2 is 2.14 bits per heavy atom. The van der Waals surface area contributed by atoms with Gasteiger partial charge in [0.25, 0.3) is 5.91 Å². The van der Waals surface area contributed by atoms with Gasteiger partial charge in [-0.2, -0.15) is 5.10 Å². The maximum atomic E-state index is 12.6. The van der Waals surface area contributed by atoms with Gasteiger partial charge in [-0.25, -0.2) is 4.98 Å². The number of aromatic nitrogens is 4. The topological polar surface area (TPSA) is 75.6 Å². The van der Waals surface area contributed by atoms with Crippen molar-refractivity contribution in [2.45, 2.75) is 19.9 Å². The number of carbonyl (C=O) groups is 1. The Bertz CT molecular complexity index is 788. The number of fused-ring (bicyclic) bond motifs is 1. The van der Waals surface area contributed by atoms with Crippen LogP contribution in [0.2, 0.25) is 0 Å². The van der Waals surface area contributed by atoms with Crippen LogP contribution in [0.1, 0.15) is 34.8 Å². The van der Waals surface area contributed by atoms with Crippen molar-refractivity contribution >= 4 is 16.8 Å². The monoisotopic (exact) mass is 283 g/mol. The zero-order chi connectivity index (χ0) is 15.0. The predicted molar refractivity (Wildman–Crippen MR) is 79.9 cm³/mol. The van der Waals surface area contributed by atoms with Crippen LogP contribution in [0.4, 0.5) is 0 Å². The van der Waals surface area contributed by atoms with E-state index in [0.29, 0.717) is 11.4 Å². The zero-order valence-corrected chi connectivity index (χ0v) is 12.2. The van der Waals surface area contributed by atoms with Crippen molar-refractivity contribution in [3.05, 3.63) is 47.7 Å². The van der Waals surface area contributed by atoms with E-state index in [4.69, 9.17) is 0 Å². The fraction of sp³-hybridized carbons (Fsp3) is 0.267. The lowest BCUT2D eigenvalue weighted by Crippen LogP contribution is -2.27. The molecule has 1 atom stereocenters. The maximum absolute atomic E-state index is 12.6. The molecule has 108 valence electrons. The normalized spacial score (nSPS) is 12.5. The van der Waals surface area contributed by atoms with E-state index in [9.17, 15) is 4.79 Å². The third-order valence-corrected chi connectivity index (χ3v) is 3.82. The van der Waals surface area contributed by atoms with Crippen molar-refractivity contribution in [2.24, 2.45) is 7.05 Å². The molecule has 0 aliphatic rings. The summed E-state index contributed by atoms with van der Waals surface area (Å²) in [5.41, 5.74) is 2.70. The van der Waals surface area contributed by atoms with Gasteiger partial charge in [-0.15, -0.1) is 0 Å². The number of hydrogen-bond donors (Lipinski definition) is 2. The number of nitrogens with zero attached hydrogens (tertiary/aromatic N) is 3. The number of para-hydroxylation sites is 1. The summed E-state index contributed by atoms with van der Waals surface area (Å²) in [4.78, 5) is 16.7. The van der Waals surface area contributed by atoms with Crippen molar-refractivity contribution in [2.75, 3.05) is 0 Å². The van der Waals surface area contributed by atoms with E-state index in [-0.39, 0.29) is 11.9 Å². The minimum absolute atomic E-state index is 0.104. The summed E-state index contributed by atoms with van der Waals surface area (Å²) in [5.74, 6) is 0.537. The van der Waals surface area contributed by atoms with Gasteiger partial charge in [0.05, 0.1) is 11.6 Å². The van der Waals surface area contributed by atoms with Gasteiger partial charge in [-0.1, -0.05) is 18.2 Å². The van der Waals surface area contributed by atoms with Gasteiger partial charge < -0.3 is 9.88 Å². The van der Waals surface area contributed by atoms with Crippen LogP contribution in [-0.2, 0) is 7.05 Å². The van der Waals surface area contributed by atoms with Crippen molar-refractivity contribution in [3.63, 3.8) is 0 Å². The van der Waals surface area contributed by atoms with Gasteiger partial charge in [0.15, 0.2) is 0 Å². The van der Waals surface area contributed by atoms with Gasteiger partial charge in [-0.05, 0) is 19.9 Å². The summed E-state index contributed by atoms with van der Waals surface area (Å²) < 4.78 is 2.03. The number of hydrogen-bond acceptors (Lipinski definition) is 3. The van der Waals surface area contributed by atoms with Gasteiger partial charge in [0, 0.05) is 23.6 Å². The van der Waals surface area contributed by atoms with Gasteiger partial charge >= 0.3 is 0 Å². The number of H-pyrrole nitrogens is 1. The zero-order valence-electron chi connectivity index (χ0n) is 12.2. The molecule has 0 spiro atoms. The SMILES string of the molecule is Cc1c(C(=O)N[C@H](C)c2ncn[nH]2)c2ccccc2n1C. The molecule has 3 rings (SSSR count). The van der Waals surface area contributed by atoms with Crippen LogP contribution in [-0.4, -0.2) is 25.7 Å². The van der Waals surface area contributed by atoms with E-state index >= 15 is 0 Å². The van der Waals surface area contributed by atoms with E-state index in [1.165, 1.54) is 6.33 Å². The average molecular weight is 283 g/mol. The van der Waals surface area contributed by atoms with Gasteiger partial charge in [-0.3, -0.25) is 9.89 Å². The molecule has 0 saturated carbocycles. The van der Waals surface area contributed by atoms with Crippen LogP contribution < -0.4 is 5.32 Å². The van der Waals surface area contributed by atoms with Crippen molar-refractivity contribution < 1.29 is 4.79 Å². The number of nitrogens with one attached hydrogen (secondary N) is 2. The molecule has 1 amide bonds. The third kappa shape index (κ3) is 2.18. The number of aromatic amines is 1. The molecule has 0 radical (unpaired) electrons. The van der Waals surface area contributed by atoms with E-state index in [1.807, 2.05) is 49.7 Å². The van der Waals surface area contributed by atoms with Gasteiger partial charge in [0.2, 0.25) is 0 Å². The highest BCUT2D eigenvalue weighted by molar-refractivity contribution is 6.08. The van der Waals surface area contributed by atoms with Crippen LogP contribution in [0.25, 0.3) is 10.9 Å². The molecule has 21 heavy (non-hydrogen) atoms. The number of benzene rings is 1. The first kappa shape index (κ1) is 13.4. The average Bonchev–Trinajstić information content (AvgIpc) is 3.08. The molecule has 0 aliphatic carbocycles. The summed E-state index contributed by atoms with van der Waals surface area (Å²) in [7, 11) is 1.97. The Labute approximate surface area is 122 Å². The molecule has 3 aromatic rings. The molecule has 0 saturated heterocycles. The lowest BCUT2D eigenvalue weighted by molar-refractivity contribution is 0.0939. The van der Waals surface area contributed by atoms with E-state index in [1.54, 1.807) is 0 Å². The molecule has 2 heterocycles. The number of carbonyl (C=O) groups excluding carboxylic acids is 1. The number of aryl methyl sites for hydroxylation is 1. The smallest absolute Gasteiger partial charge is 0.254 e. The van der Waals surface area contributed by atoms with Crippen LogP contribution >= 0.6 is 0 Å². The van der Waals surface area contributed by atoms with Gasteiger partial charge in [0.1, 0.15) is 12.2 Å². The van der Waals surface area contributed by atoms with Crippen molar-refractivity contribution in [3.8, 4) is 0 Å². The molecule has 6 nitrogen and oxygen atoms in total. The Hall–Kier alpha value is -2.63. The molecular weight excluding hydrogens is 266 g/mol. The first-order valence-corrected chi connectivity index (χ1v) is 6.79. The quantitative estimate of drug-likeness (QED) is 0.773. The van der Waals surface area contributed by atoms with E-state index < -0.39 is 0 Å². The molecule has 2 N–H and O–H groups in total. The van der Waals surface area contributed by atoms with E-state index in [0.717, 1.165) is 16.6 Å². The molecule has 0 bridgehead atoms. The molecule has 2 aromatic heterocycles. The maximum Gasteiger partial charge on any atom is 0.254 e. The van der Waals surface area contributed by atoms with Crippen LogP contribution in [0.3, 0.4) is 0 Å². The Morgan fingerprint density at radius 1 is 1.38 bits per heavy atom. The molecule has 0 aliphatic heterocycles. The Morgan fingerprint density at radius 3 is 2.86 bits per heavy atom. The standard InChI is InChI=1S/C15H17N5O/c1-9(14-16-8-17-19-14)18-15(21)13-10(2)20(3)12-7-5-4-6-11(12)13/h4-9H,1-3H3,(H,18,21)(H,16,17,19)/t9-/m1/s1. The van der Waals surface area contributed by atoms with Crippen LogP contribution in [0.15, 0.2) is 30.6 Å². The summed E-state index contributed by atoms with van der Waals surface area (Å²) in [6.45, 7) is 3.83. The van der Waals surface area contributed by atoms with Crippen molar-refractivity contribution in [1.82, 2.24) is 25.1 Å². The molecule has 0 fully saturated rings. The highest BCUT2D eigenvalue weighted by Crippen LogP contribution is 2.25. The summed E-state index contributed by atoms with van der Waals surface area (Å²) in [5, 5.41) is 10.5. The molecule has 6 heteroatoms. The van der Waals surface area contributed by atoms with E-state index in [2.05, 4.69) is 20.5 Å². The molecule has 0 unspecified atom stereocenters. The minimum atomic E-state index is -0.224. The third-order valence-electron chi connectivity index (χ3n) is 3.82. The van der Waals surface area contributed by atoms with Crippen LogP contribution in [0, 0.1) is 6.92 Å². The fourth-order valence-electron chi connectivity index (χ4n) is 2.57. The lowest BCUT2D eigenvalue weighted by atomic mass is 10.1. The second-order valence-corrected chi connectivity index (χ2v) is 5.10. The molecule has 1 aromatic carbocycles. The predicted octanol–water partition coefficient (Wildman–Crippen LogP) is 2.10. The second kappa shape index (κ2) is 5.05. The summed E-state index contributed by atoms with van der Waals surface area (Å²) in [6, 6.07) is 7.67. The van der Waals surface area contributed by atoms with Crippen molar-refractivity contribution in [1.29, 1.82) is 0 Å². The highest BCUT2D eigenvalue weighted by atomic mass is 16.1. The summed E-state index contributed by atoms with van der Waals surface area (Å²) in [6.07, 6.45) is 1.43. The summed E-state index contributed by atoms with van der Waals surface area (Å²) >= 11 is 0. The largest absolute Gasteiger partial charge is 0.347 e. The number of rotatable bonds is 3. The first-order chi connectivity index (χ1) is 10.1. The molecular formula is C15H17N5O. The fourth-order valence-corrected chi connectivity index (χ4v) is 2.57.